The molecule has 1 nitrogen and oxygen atoms in total. The van der Waals surface area contributed by atoms with Gasteiger partial charge in [0.15, 0.2) is 0 Å². The predicted octanol–water partition coefficient (Wildman–Crippen LogP) is 4.80. The zero-order valence-electron chi connectivity index (χ0n) is 9.43. The SMILES string of the molecule is Clc1ccc(CN2CCC[C@H]2c2ccsc2)s1. The molecule has 0 bridgehead atoms. The van der Waals surface area contributed by atoms with Gasteiger partial charge in [-0.1, -0.05) is 11.6 Å². The lowest BCUT2D eigenvalue weighted by Gasteiger charge is -2.23. The van der Waals surface area contributed by atoms with Gasteiger partial charge in [-0.3, -0.25) is 4.90 Å². The van der Waals surface area contributed by atoms with Crippen LogP contribution in [0, 0.1) is 0 Å². The molecule has 0 N–H and O–H groups in total. The second-order valence-corrected chi connectivity index (χ2v) is 6.97. The molecule has 3 heterocycles. The van der Waals surface area contributed by atoms with Crippen LogP contribution in [0.1, 0.15) is 29.3 Å². The summed E-state index contributed by atoms with van der Waals surface area (Å²) in [5, 5.41) is 4.46. The van der Waals surface area contributed by atoms with Gasteiger partial charge in [0.1, 0.15) is 0 Å². The summed E-state index contributed by atoms with van der Waals surface area (Å²) < 4.78 is 0.895. The summed E-state index contributed by atoms with van der Waals surface area (Å²) in [6, 6.07) is 7.02. The van der Waals surface area contributed by atoms with Crippen molar-refractivity contribution in [2.75, 3.05) is 6.54 Å². The number of hydrogen-bond donors (Lipinski definition) is 0. The summed E-state index contributed by atoms with van der Waals surface area (Å²) >= 11 is 9.48. The second kappa shape index (κ2) is 5.11. The Labute approximate surface area is 115 Å². The Hall–Kier alpha value is -0.350. The highest BCUT2D eigenvalue weighted by atomic mass is 35.5. The summed E-state index contributed by atoms with van der Waals surface area (Å²) in [5.41, 5.74) is 1.48. The van der Waals surface area contributed by atoms with Crippen molar-refractivity contribution in [1.82, 2.24) is 4.90 Å². The Bertz CT molecular complexity index is 477. The Balaban J connectivity index is 1.74. The van der Waals surface area contributed by atoms with Crippen molar-refractivity contribution < 1.29 is 0 Å². The van der Waals surface area contributed by atoms with E-state index in [4.69, 9.17) is 11.6 Å². The molecule has 0 amide bonds. The number of hydrogen-bond acceptors (Lipinski definition) is 3. The van der Waals surface area contributed by atoms with Crippen LogP contribution in [0.25, 0.3) is 0 Å². The first-order chi connectivity index (χ1) is 8.33. The highest BCUT2D eigenvalue weighted by Gasteiger charge is 2.26. The van der Waals surface area contributed by atoms with E-state index in [1.54, 1.807) is 22.7 Å². The van der Waals surface area contributed by atoms with E-state index in [0.717, 1.165) is 10.9 Å². The van der Waals surface area contributed by atoms with Crippen molar-refractivity contribution in [1.29, 1.82) is 0 Å². The molecule has 1 aliphatic heterocycles. The maximum absolute atomic E-state index is 5.98. The van der Waals surface area contributed by atoms with E-state index < -0.39 is 0 Å². The standard InChI is InChI=1S/C13H14ClNS2/c14-13-4-3-11(17-13)8-15-6-1-2-12(15)10-5-7-16-9-10/h3-5,7,9,12H,1-2,6,8H2/t12-/m0/s1. The highest BCUT2D eigenvalue weighted by Crippen LogP contribution is 2.35. The van der Waals surface area contributed by atoms with E-state index in [0.29, 0.717) is 6.04 Å². The summed E-state index contributed by atoms with van der Waals surface area (Å²) in [6.07, 6.45) is 2.59. The normalized spacial score (nSPS) is 21.1. The van der Waals surface area contributed by atoms with Crippen LogP contribution in [-0.4, -0.2) is 11.4 Å². The van der Waals surface area contributed by atoms with Gasteiger partial charge >= 0.3 is 0 Å². The predicted molar refractivity (Wildman–Crippen MR) is 76.0 cm³/mol. The molecule has 0 aliphatic carbocycles. The summed E-state index contributed by atoms with van der Waals surface area (Å²) in [7, 11) is 0. The molecular formula is C13H14ClNS2. The minimum absolute atomic E-state index is 0.613. The topological polar surface area (TPSA) is 3.24 Å². The minimum atomic E-state index is 0.613. The fraction of sp³-hybridized carbons (Fsp3) is 0.385. The van der Waals surface area contributed by atoms with Crippen LogP contribution < -0.4 is 0 Å². The van der Waals surface area contributed by atoms with Crippen LogP contribution in [-0.2, 0) is 6.54 Å². The third kappa shape index (κ3) is 2.58. The molecule has 1 aliphatic rings. The summed E-state index contributed by atoms with van der Waals surface area (Å²) in [6.45, 7) is 2.24. The fourth-order valence-electron chi connectivity index (χ4n) is 2.49. The summed E-state index contributed by atoms with van der Waals surface area (Å²) in [4.78, 5) is 3.95. The van der Waals surface area contributed by atoms with Gasteiger partial charge in [-0.15, -0.1) is 11.3 Å². The average Bonchev–Trinajstić information content (AvgIpc) is 3.00. The molecular weight excluding hydrogens is 270 g/mol. The lowest BCUT2D eigenvalue weighted by Crippen LogP contribution is -2.21. The van der Waals surface area contributed by atoms with Crippen LogP contribution in [0.4, 0.5) is 0 Å². The number of nitrogens with zero attached hydrogens (tertiary/aromatic N) is 1. The van der Waals surface area contributed by atoms with Gasteiger partial charge < -0.3 is 0 Å². The number of thiophene rings is 2. The van der Waals surface area contributed by atoms with Gasteiger partial charge in [0.2, 0.25) is 0 Å². The van der Waals surface area contributed by atoms with Crippen molar-refractivity contribution in [3.63, 3.8) is 0 Å². The molecule has 90 valence electrons. The molecule has 1 fully saturated rings. The minimum Gasteiger partial charge on any atom is -0.291 e. The lowest BCUT2D eigenvalue weighted by molar-refractivity contribution is 0.251. The molecule has 1 atom stereocenters. The molecule has 2 aromatic rings. The smallest absolute Gasteiger partial charge is 0.0931 e. The van der Waals surface area contributed by atoms with Crippen LogP contribution in [0.5, 0.6) is 0 Å². The summed E-state index contributed by atoms with van der Waals surface area (Å²) in [5.74, 6) is 0. The first kappa shape index (κ1) is 11.7. The number of rotatable bonds is 3. The van der Waals surface area contributed by atoms with Crippen LogP contribution in [0.2, 0.25) is 4.34 Å². The average molecular weight is 284 g/mol. The molecule has 2 aromatic heterocycles. The van der Waals surface area contributed by atoms with Gasteiger partial charge in [-0.2, -0.15) is 11.3 Å². The molecule has 0 radical (unpaired) electrons. The first-order valence-electron chi connectivity index (χ1n) is 5.83. The maximum Gasteiger partial charge on any atom is 0.0931 e. The van der Waals surface area contributed by atoms with Crippen molar-refractivity contribution in [3.05, 3.63) is 43.7 Å². The van der Waals surface area contributed by atoms with Crippen LogP contribution >= 0.6 is 34.3 Å². The van der Waals surface area contributed by atoms with E-state index in [1.807, 2.05) is 6.07 Å². The van der Waals surface area contributed by atoms with E-state index in [1.165, 1.54) is 29.8 Å². The maximum atomic E-state index is 5.98. The van der Waals surface area contributed by atoms with E-state index in [2.05, 4.69) is 27.8 Å². The second-order valence-electron chi connectivity index (χ2n) is 4.39. The Morgan fingerprint density at radius 3 is 3.00 bits per heavy atom. The number of likely N-dealkylation sites (tertiary alicyclic amines) is 1. The largest absolute Gasteiger partial charge is 0.291 e. The van der Waals surface area contributed by atoms with Gasteiger partial charge in [0, 0.05) is 17.5 Å². The van der Waals surface area contributed by atoms with E-state index in [9.17, 15) is 0 Å². The van der Waals surface area contributed by atoms with Crippen molar-refractivity contribution >= 4 is 34.3 Å². The molecule has 4 heteroatoms. The molecule has 0 aromatic carbocycles. The van der Waals surface area contributed by atoms with E-state index >= 15 is 0 Å². The van der Waals surface area contributed by atoms with Gasteiger partial charge in [0.05, 0.1) is 4.34 Å². The Kier molecular flexibility index (Phi) is 3.52. The first-order valence-corrected chi connectivity index (χ1v) is 7.97. The Morgan fingerprint density at radius 1 is 1.35 bits per heavy atom. The third-order valence-electron chi connectivity index (χ3n) is 3.28. The van der Waals surface area contributed by atoms with Crippen LogP contribution in [0.3, 0.4) is 0 Å². The van der Waals surface area contributed by atoms with Crippen LogP contribution in [0.15, 0.2) is 29.0 Å². The zero-order valence-corrected chi connectivity index (χ0v) is 11.8. The monoisotopic (exact) mass is 283 g/mol. The molecule has 1 saturated heterocycles. The highest BCUT2D eigenvalue weighted by molar-refractivity contribution is 7.16. The molecule has 0 saturated carbocycles. The fourth-order valence-corrected chi connectivity index (χ4v) is 4.31. The van der Waals surface area contributed by atoms with E-state index in [-0.39, 0.29) is 0 Å². The quantitative estimate of drug-likeness (QED) is 0.782. The third-order valence-corrected chi connectivity index (χ3v) is 5.20. The molecule has 0 spiro atoms. The van der Waals surface area contributed by atoms with Crippen molar-refractivity contribution in [2.45, 2.75) is 25.4 Å². The van der Waals surface area contributed by atoms with Gasteiger partial charge in [-0.25, -0.2) is 0 Å². The molecule has 17 heavy (non-hydrogen) atoms. The lowest BCUT2D eigenvalue weighted by atomic mass is 10.1. The van der Waals surface area contributed by atoms with Crippen molar-refractivity contribution in [3.8, 4) is 0 Å². The Morgan fingerprint density at radius 2 is 2.29 bits per heavy atom. The van der Waals surface area contributed by atoms with Crippen molar-refractivity contribution in [2.24, 2.45) is 0 Å². The van der Waals surface area contributed by atoms with Gasteiger partial charge in [-0.05, 0) is 53.9 Å². The van der Waals surface area contributed by atoms with Gasteiger partial charge in [0.25, 0.3) is 0 Å². The number of halogens is 1. The zero-order chi connectivity index (χ0) is 11.7. The molecule has 0 unspecified atom stereocenters. The molecule has 3 rings (SSSR count).